The summed E-state index contributed by atoms with van der Waals surface area (Å²) in [7, 11) is 0. The molecule has 5 heteroatoms. The van der Waals surface area contributed by atoms with Gasteiger partial charge in [0.2, 0.25) is 5.91 Å². The van der Waals surface area contributed by atoms with Crippen LogP contribution in [0, 0.1) is 18.2 Å². The number of nitrogens with zero attached hydrogens (tertiary/aromatic N) is 2. The lowest BCUT2D eigenvalue weighted by Crippen LogP contribution is -2.55. The third kappa shape index (κ3) is 3.92. The summed E-state index contributed by atoms with van der Waals surface area (Å²) >= 11 is 0. The fourth-order valence-corrected chi connectivity index (χ4v) is 4.33. The summed E-state index contributed by atoms with van der Waals surface area (Å²) in [5.41, 5.74) is 0.936. The Labute approximate surface area is 155 Å². The van der Waals surface area contributed by atoms with Crippen molar-refractivity contribution in [2.75, 3.05) is 26.2 Å². The van der Waals surface area contributed by atoms with Gasteiger partial charge in [0.05, 0.1) is 5.56 Å². The molecule has 2 fully saturated rings. The molecule has 2 aliphatic heterocycles. The molecule has 1 spiro atoms. The van der Waals surface area contributed by atoms with E-state index in [1.54, 1.807) is 17.0 Å². The van der Waals surface area contributed by atoms with Crippen LogP contribution in [0.2, 0.25) is 0 Å². The lowest BCUT2D eigenvalue weighted by molar-refractivity contribution is -0.139. The van der Waals surface area contributed by atoms with Crippen molar-refractivity contribution in [2.45, 2.75) is 52.4 Å². The van der Waals surface area contributed by atoms with Crippen LogP contribution in [-0.2, 0) is 4.79 Å². The monoisotopic (exact) mass is 360 g/mol. The molecule has 0 saturated carbocycles. The maximum atomic E-state index is 14.2. The molecular weight excluding hydrogens is 331 g/mol. The summed E-state index contributed by atoms with van der Waals surface area (Å²) in [4.78, 5) is 28.9. The predicted octanol–water partition coefficient (Wildman–Crippen LogP) is 3.78. The van der Waals surface area contributed by atoms with Gasteiger partial charge in [0.1, 0.15) is 5.82 Å². The van der Waals surface area contributed by atoms with E-state index >= 15 is 0 Å². The lowest BCUT2D eigenvalue weighted by atomic mass is 9.73. The number of carbonyl (C=O) groups excluding carboxylic acids is 2. The minimum Gasteiger partial charge on any atom is -0.342 e. The summed E-state index contributed by atoms with van der Waals surface area (Å²) in [6.45, 7) is 6.76. The summed E-state index contributed by atoms with van der Waals surface area (Å²) in [6, 6.07) is 4.78. The second-order valence-electron chi connectivity index (χ2n) is 7.98. The molecule has 2 saturated heterocycles. The number of halogens is 1. The summed E-state index contributed by atoms with van der Waals surface area (Å²) < 4.78 is 14.2. The molecule has 1 atom stereocenters. The van der Waals surface area contributed by atoms with E-state index < -0.39 is 5.82 Å². The fourth-order valence-electron chi connectivity index (χ4n) is 4.33. The Morgan fingerprint density at radius 2 is 2.08 bits per heavy atom. The molecule has 0 aliphatic carbocycles. The van der Waals surface area contributed by atoms with Gasteiger partial charge in [-0.15, -0.1) is 0 Å². The molecular formula is C21H29FN2O2. The van der Waals surface area contributed by atoms with Gasteiger partial charge in [-0.25, -0.2) is 4.39 Å². The highest BCUT2D eigenvalue weighted by Gasteiger charge is 2.42. The van der Waals surface area contributed by atoms with Crippen molar-refractivity contribution in [2.24, 2.45) is 5.41 Å². The van der Waals surface area contributed by atoms with Crippen LogP contribution in [0.3, 0.4) is 0 Å². The van der Waals surface area contributed by atoms with Gasteiger partial charge in [0, 0.05) is 38.0 Å². The highest BCUT2D eigenvalue weighted by atomic mass is 19.1. The summed E-state index contributed by atoms with van der Waals surface area (Å²) in [5, 5.41) is 0. The van der Waals surface area contributed by atoms with E-state index in [4.69, 9.17) is 0 Å². The van der Waals surface area contributed by atoms with Gasteiger partial charge >= 0.3 is 0 Å². The number of hydrogen-bond donors (Lipinski definition) is 0. The van der Waals surface area contributed by atoms with E-state index in [2.05, 4.69) is 6.92 Å². The first kappa shape index (κ1) is 18.9. The highest BCUT2D eigenvalue weighted by Crippen LogP contribution is 2.39. The van der Waals surface area contributed by atoms with E-state index in [0.717, 1.165) is 50.8 Å². The van der Waals surface area contributed by atoms with Gasteiger partial charge in [-0.1, -0.05) is 19.4 Å². The van der Waals surface area contributed by atoms with Crippen LogP contribution in [-0.4, -0.2) is 47.8 Å². The van der Waals surface area contributed by atoms with Crippen LogP contribution in [0.5, 0.6) is 0 Å². The van der Waals surface area contributed by atoms with E-state index in [9.17, 15) is 14.0 Å². The number of hydrogen-bond acceptors (Lipinski definition) is 2. The minimum atomic E-state index is -0.446. The van der Waals surface area contributed by atoms with Crippen LogP contribution in [0.4, 0.5) is 4.39 Å². The predicted molar refractivity (Wildman–Crippen MR) is 99.4 cm³/mol. The Morgan fingerprint density at radius 1 is 1.27 bits per heavy atom. The van der Waals surface area contributed by atoms with Crippen LogP contribution < -0.4 is 0 Å². The van der Waals surface area contributed by atoms with Crippen molar-refractivity contribution in [3.8, 4) is 0 Å². The molecule has 142 valence electrons. The van der Waals surface area contributed by atoms with Crippen LogP contribution in [0.15, 0.2) is 18.2 Å². The summed E-state index contributed by atoms with van der Waals surface area (Å²) in [5.74, 6) is -0.436. The second kappa shape index (κ2) is 7.77. The van der Waals surface area contributed by atoms with E-state index in [1.165, 1.54) is 6.07 Å². The standard InChI is InChI=1S/C21H29FN2O2/c1-3-4-11-23-14-21(10-8-19(23)25)9-5-12-24(15-21)20(26)17-7-6-16(2)13-18(17)22/h6-7,13H,3-5,8-12,14-15H2,1-2H3/t21-/m0/s1. The van der Waals surface area contributed by atoms with Crippen LogP contribution in [0.25, 0.3) is 0 Å². The van der Waals surface area contributed by atoms with Gasteiger partial charge in [-0.05, 0) is 50.3 Å². The molecule has 0 radical (unpaired) electrons. The normalized spacial score (nSPS) is 23.6. The third-order valence-electron chi connectivity index (χ3n) is 5.83. The van der Waals surface area contributed by atoms with Crippen molar-refractivity contribution >= 4 is 11.8 Å². The van der Waals surface area contributed by atoms with Crippen molar-refractivity contribution in [1.29, 1.82) is 0 Å². The molecule has 0 N–H and O–H groups in total. The van der Waals surface area contributed by atoms with Crippen molar-refractivity contribution in [3.63, 3.8) is 0 Å². The molecule has 2 amide bonds. The van der Waals surface area contributed by atoms with E-state index in [0.29, 0.717) is 19.5 Å². The van der Waals surface area contributed by atoms with Crippen molar-refractivity contribution < 1.29 is 14.0 Å². The molecule has 2 aliphatic rings. The number of carbonyl (C=O) groups is 2. The molecule has 1 aromatic rings. The number of piperidine rings is 2. The first-order valence-corrected chi connectivity index (χ1v) is 9.77. The van der Waals surface area contributed by atoms with Crippen LogP contribution >= 0.6 is 0 Å². The molecule has 0 unspecified atom stereocenters. The maximum Gasteiger partial charge on any atom is 0.256 e. The Balaban J connectivity index is 1.74. The molecule has 1 aromatic carbocycles. The Bertz CT molecular complexity index is 691. The van der Waals surface area contributed by atoms with Crippen molar-refractivity contribution in [3.05, 3.63) is 35.1 Å². The Hall–Kier alpha value is -1.91. The Kier molecular flexibility index (Phi) is 5.64. The quantitative estimate of drug-likeness (QED) is 0.820. The van der Waals surface area contributed by atoms with Crippen LogP contribution in [0.1, 0.15) is 61.4 Å². The smallest absolute Gasteiger partial charge is 0.256 e. The van der Waals surface area contributed by atoms with Crippen molar-refractivity contribution in [1.82, 2.24) is 9.80 Å². The SMILES string of the molecule is CCCCN1C[C@]2(CCCN(C(=O)c3ccc(C)cc3F)C2)CCC1=O. The molecule has 0 aromatic heterocycles. The first-order chi connectivity index (χ1) is 12.4. The van der Waals surface area contributed by atoms with Gasteiger partial charge in [0.25, 0.3) is 5.91 Å². The molecule has 3 rings (SSSR count). The zero-order valence-corrected chi connectivity index (χ0v) is 15.9. The number of amides is 2. The lowest BCUT2D eigenvalue weighted by Gasteiger charge is -2.48. The second-order valence-corrected chi connectivity index (χ2v) is 7.98. The zero-order valence-electron chi connectivity index (χ0n) is 15.9. The van der Waals surface area contributed by atoms with Gasteiger partial charge in [0.15, 0.2) is 0 Å². The van der Waals surface area contributed by atoms with Gasteiger partial charge < -0.3 is 9.80 Å². The summed E-state index contributed by atoms with van der Waals surface area (Å²) in [6.07, 6.45) is 5.41. The number of benzene rings is 1. The molecule has 26 heavy (non-hydrogen) atoms. The first-order valence-electron chi connectivity index (χ1n) is 9.77. The average molecular weight is 360 g/mol. The highest BCUT2D eigenvalue weighted by molar-refractivity contribution is 5.94. The fraction of sp³-hybridized carbons (Fsp3) is 0.619. The zero-order chi connectivity index (χ0) is 18.7. The third-order valence-corrected chi connectivity index (χ3v) is 5.83. The largest absolute Gasteiger partial charge is 0.342 e. The van der Waals surface area contributed by atoms with E-state index in [1.807, 2.05) is 11.8 Å². The number of unbranched alkanes of at least 4 members (excludes halogenated alkanes) is 1. The molecule has 0 bridgehead atoms. The Morgan fingerprint density at radius 3 is 2.81 bits per heavy atom. The number of aryl methyl sites for hydroxylation is 1. The van der Waals surface area contributed by atoms with Gasteiger partial charge in [-0.3, -0.25) is 9.59 Å². The maximum absolute atomic E-state index is 14.2. The minimum absolute atomic E-state index is 0.0310. The number of rotatable bonds is 4. The average Bonchev–Trinajstić information content (AvgIpc) is 2.62. The number of likely N-dealkylation sites (tertiary alicyclic amines) is 2. The molecule has 4 nitrogen and oxygen atoms in total. The van der Waals surface area contributed by atoms with E-state index in [-0.39, 0.29) is 22.8 Å². The van der Waals surface area contributed by atoms with Gasteiger partial charge in [-0.2, -0.15) is 0 Å². The molecule has 2 heterocycles. The topological polar surface area (TPSA) is 40.6 Å².